The minimum atomic E-state index is -0.267. The van der Waals surface area contributed by atoms with Gasteiger partial charge in [0.25, 0.3) is 0 Å². The summed E-state index contributed by atoms with van der Waals surface area (Å²) >= 11 is 12.5. The third-order valence-electron chi connectivity index (χ3n) is 5.60. The van der Waals surface area contributed by atoms with Gasteiger partial charge in [0.1, 0.15) is 5.75 Å². The zero-order chi connectivity index (χ0) is 23.8. The van der Waals surface area contributed by atoms with Crippen LogP contribution in [0.3, 0.4) is 0 Å². The molecule has 1 saturated heterocycles. The molecule has 1 unspecified atom stereocenters. The van der Waals surface area contributed by atoms with Crippen molar-refractivity contribution in [2.45, 2.75) is 18.9 Å². The fourth-order valence-electron chi connectivity index (χ4n) is 4.01. The summed E-state index contributed by atoms with van der Waals surface area (Å²) in [6.45, 7) is 2.57. The molecule has 2 aromatic carbocycles. The Kier molecular flexibility index (Phi) is 9.38. The number of ether oxygens (including phenoxy) is 1. The summed E-state index contributed by atoms with van der Waals surface area (Å²) < 4.78 is 5.25. The van der Waals surface area contributed by atoms with Gasteiger partial charge >= 0.3 is 0 Å². The summed E-state index contributed by atoms with van der Waals surface area (Å²) in [4.78, 5) is 29.1. The second-order valence-electron chi connectivity index (χ2n) is 8.15. The van der Waals surface area contributed by atoms with E-state index >= 15 is 0 Å². The number of anilines is 1. The van der Waals surface area contributed by atoms with Crippen molar-refractivity contribution in [3.05, 3.63) is 58.1 Å². The zero-order valence-electron chi connectivity index (χ0n) is 18.9. The van der Waals surface area contributed by atoms with Crippen LogP contribution < -0.4 is 15.4 Å². The van der Waals surface area contributed by atoms with E-state index in [1.165, 1.54) is 7.11 Å². The number of amides is 2. The van der Waals surface area contributed by atoms with E-state index < -0.39 is 0 Å². The Morgan fingerprint density at radius 1 is 1.09 bits per heavy atom. The van der Waals surface area contributed by atoms with Crippen LogP contribution in [0.25, 0.3) is 0 Å². The number of carbonyl (C=O) groups is 2. The van der Waals surface area contributed by atoms with Gasteiger partial charge in [0.2, 0.25) is 11.8 Å². The quantitative estimate of drug-likeness (QED) is 0.527. The average Bonchev–Trinajstić information content (AvgIpc) is 3.29. The van der Waals surface area contributed by atoms with Crippen molar-refractivity contribution < 1.29 is 14.3 Å². The van der Waals surface area contributed by atoms with E-state index in [0.29, 0.717) is 28.0 Å². The molecule has 0 spiro atoms. The molecule has 1 heterocycles. The Hall–Kier alpha value is -2.32. The van der Waals surface area contributed by atoms with Gasteiger partial charge in [-0.3, -0.25) is 19.4 Å². The molecule has 9 heteroatoms. The number of methoxy groups -OCH3 is 1. The number of hydrogen-bond acceptors (Lipinski definition) is 5. The number of halogens is 2. The topological polar surface area (TPSA) is 73.9 Å². The Bertz CT molecular complexity index is 966. The van der Waals surface area contributed by atoms with Crippen molar-refractivity contribution in [3.8, 4) is 5.75 Å². The summed E-state index contributed by atoms with van der Waals surface area (Å²) in [7, 11) is 3.24. The van der Waals surface area contributed by atoms with E-state index in [2.05, 4.69) is 15.5 Å². The molecule has 33 heavy (non-hydrogen) atoms. The van der Waals surface area contributed by atoms with Crippen LogP contribution >= 0.6 is 23.2 Å². The summed E-state index contributed by atoms with van der Waals surface area (Å²) in [5.41, 5.74) is 1.51. The minimum absolute atomic E-state index is 0.0223. The van der Waals surface area contributed by atoms with Crippen LogP contribution in [0.15, 0.2) is 42.5 Å². The second kappa shape index (κ2) is 12.2. The van der Waals surface area contributed by atoms with Crippen molar-refractivity contribution in [1.82, 2.24) is 15.1 Å². The number of hydrogen-bond donors (Lipinski definition) is 2. The van der Waals surface area contributed by atoms with E-state index in [1.807, 2.05) is 24.3 Å². The molecule has 0 aromatic heterocycles. The van der Waals surface area contributed by atoms with Crippen LogP contribution in [-0.2, 0) is 9.59 Å². The molecule has 1 aliphatic heterocycles. The van der Waals surface area contributed by atoms with Gasteiger partial charge in [0.15, 0.2) is 0 Å². The SMILES string of the molecule is COc1ccc(Cl)cc1NC(=O)CN(C)CC(=O)NCC(c1ccccc1Cl)N1CCCC1. The van der Waals surface area contributed by atoms with Gasteiger partial charge in [-0.15, -0.1) is 0 Å². The lowest BCUT2D eigenvalue weighted by atomic mass is 10.1. The predicted octanol–water partition coefficient (Wildman–Crippen LogP) is 3.83. The maximum atomic E-state index is 12.6. The monoisotopic (exact) mass is 492 g/mol. The van der Waals surface area contributed by atoms with Gasteiger partial charge in [-0.1, -0.05) is 41.4 Å². The van der Waals surface area contributed by atoms with Gasteiger partial charge in [-0.25, -0.2) is 0 Å². The van der Waals surface area contributed by atoms with Gasteiger partial charge in [0.05, 0.1) is 31.9 Å². The average molecular weight is 493 g/mol. The maximum Gasteiger partial charge on any atom is 0.238 e. The van der Waals surface area contributed by atoms with Gasteiger partial charge in [-0.05, 0) is 62.8 Å². The molecule has 1 fully saturated rings. The number of likely N-dealkylation sites (N-methyl/N-ethyl adjacent to an activating group) is 1. The van der Waals surface area contributed by atoms with Crippen LogP contribution in [-0.4, -0.2) is 68.5 Å². The summed E-state index contributed by atoms with van der Waals surface area (Å²) in [6.07, 6.45) is 2.29. The Morgan fingerprint density at radius 2 is 1.79 bits per heavy atom. The molecule has 0 bridgehead atoms. The standard InChI is InChI=1S/C24H30Cl2N4O3/c1-29(16-24(32)28-20-13-17(25)9-10-22(20)33-2)15-23(31)27-14-21(30-11-5-6-12-30)18-7-3-4-8-19(18)26/h3-4,7-10,13,21H,5-6,11-12,14-16H2,1-2H3,(H,27,31)(H,28,32). The number of rotatable bonds is 10. The van der Waals surface area contributed by atoms with Crippen LogP contribution in [0.1, 0.15) is 24.4 Å². The molecule has 0 radical (unpaired) electrons. The number of nitrogens with zero attached hydrogens (tertiary/aromatic N) is 2. The van der Waals surface area contributed by atoms with Gasteiger partial charge in [-0.2, -0.15) is 0 Å². The Morgan fingerprint density at radius 3 is 2.48 bits per heavy atom. The molecule has 2 aromatic rings. The van der Waals surface area contributed by atoms with E-state index in [1.54, 1.807) is 30.1 Å². The van der Waals surface area contributed by atoms with Crippen LogP contribution in [0.4, 0.5) is 5.69 Å². The first-order chi connectivity index (χ1) is 15.9. The first-order valence-electron chi connectivity index (χ1n) is 10.9. The largest absolute Gasteiger partial charge is 0.495 e. The van der Waals surface area contributed by atoms with Crippen LogP contribution in [0.5, 0.6) is 5.75 Å². The number of carbonyl (C=O) groups excluding carboxylic acids is 2. The molecule has 2 N–H and O–H groups in total. The fraction of sp³-hybridized carbons (Fsp3) is 0.417. The summed E-state index contributed by atoms with van der Waals surface area (Å²) in [5, 5.41) is 6.99. The van der Waals surface area contributed by atoms with Crippen LogP contribution in [0, 0.1) is 0 Å². The lowest BCUT2D eigenvalue weighted by Gasteiger charge is -2.29. The lowest BCUT2D eigenvalue weighted by Crippen LogP contribution is -2.42. The summed E-state index contributed by atoms with van der Waals surface area (Å²) in [5.74, 6) is 0.0967. The number of nitrogens with one attached hydrogen (secondary N) is 2. The number of likely N-dealkylation sites (tertiary alicyclic amines) is 1. The highest BCUT2D eigenvalue weighted by molar-refractivity contribution is 6.31. The smallest absolute Gasteiger partial charge is 0.238 e. The fourth-order valence-corrected chi connectivity index (χ4v) is 4.45. The molecule has 7 nitrogen and oxygen atoms in total. The molecular formula is C24H30Cl2N4O3. The van der Waals surface area contributed by atoms with E-state index in [-0.39, 0.29) is 30.9 Å². The van der Waals surface area contributed by atoms with Crippen molar-refractivity contribution in [2.24, 2.45) is 0 Å². The third-order valence-corrected chi connectivity index (χ3v) is 6.18. The minimum Gasteiger partial charge on any atom is -0.495 e. The maximum absolute atomic E-state index is 12.6. The molecule has 1 atom stereocenters. The predicted molar refractivity (Wildman–Crippen MR) is 132 cm³/mol. The van der Waals surface area contributed by atoms with E-state index in [9.17, 15) is 9.59 Å². The Labute approximate surface area is 205 Å². The first-order valence-corrected chi connectivity index (χ1v) is 11.7. The second-order valence-corrected chi connectivity index (χ2v) is 8.99. The van der Waals surface area contributed by atoms with Crippen molar-refractivity contribution in [1.29, 1.82) is 0 Å². The van der Waals surface area contributed by atoms with Crippen molar-refractivity contribution >= 4 is 40.7 Å². The molecule has 0 saturated carbocycles. The first kappa shape index (κ1) is 25.3. The Balaban J connectivity index is 1.52. The van der Waals surface area contributed by atoms with Crippen LogP contribution in [0.2, 0.25) is 10.0 Å². The lowest BCUT2D eigenvalue weighted by molar-refractivity contribution is -0.123. The highest BCUT2D eigenvalue weighted by atomic mass is 35.5. The molecule has 0 aliphatic carbocycles. The molecule has 3 rings (SSSR count). The molecule has 2 amide bonds. The summed E-state index contributed by atoms with van der Waals surface area (Å²) in [6, 6.07) is 12.8. The molecule has 1 aliphatic rings. The van der Waals surface area contributed by atoms with E-state index in [0.717, 1.165) is 31.5 Å². The van der Waals surface area contributed by atoms with Crippen molar-refractivity contribution in [2.75, 3.05) is 52.2 Å². The zero-order valence-corrected chi connectivity index (χ0v) is 20.5. The highest BCUT2D eigenvalue weighted by Gasteiger charge is 2.25. The highest BCUT2D eigenvalue weighted by Crippen LogP contribution is 2.30. The van der Waals surface area contributed by atoms with E-state index in [4.69, 9.17) is 27.9 Å². The normalized spacial score (nSPS) is 14.8. The van der Waals surface area contributed by atoms with Gasteiger partial charge < -0.3 is 15.4 Å². The molecule has 178 valence electrons. The van der Waals surface area contributed by atoms with Gasteiger partial charge in [0, 0.05) is 16.6 Å². The molecular weight excluding hydrogens is 463 g/mol. The van der Waals surface area contributed by atoms with Crippen molar-refractivity contribution in [3.63, 3.8) is 0 Å². The number of benzene rings is 2. The third kappa shape index (κ3) is 7.33.